The second kappa shape index (κ2) is 8.27. The molecule has 176 valence electrons. The number of aliphatic hydroxyl groups is 1. The van der Waals surface area contributed by atoms with Gasteiger partial charge in [0.2, 0.25) is 27.0 Å². The summed E-state index contributed by atoms with van der Waals surface area (Å²) in [5.74, 6) is -0.857. The lowest BCUT2D eigenvalue weighted by molar-refractivity contribution is -0.122. The van der Waals surface area contributed by atoms with Crippen LogP contribution in [0, 0.1) is 5.92 Å². The normalized spacial score (nSPS) is 22.4. The van der Waals surface area contributed by atoms with Crippen molar-refractivity contribution in [3.8, 4) is 5.69 Å². The number of hydrogen-bond acceptors (Lipinski definition) is 9. The summed E-state index contributed by atoms with van der Waals surface area (Å²) >= 11 is 1.25. The number of sulfonamides is 1. The number of imide groups is 1. The number of carbonyl (C=O) groups is 2. The van der Waals surface area contributed by atoms with Crippen LogP contribution >= 0.6 is 11.8 Å². The van der Waals surface area contributed by atoms with Gasteiger partial charge in [-0.15, -0.1) is 5.10 Å². The second-order valence-corrected chi connectivity index (χ2v) is 11.0. The fourth-order valence-corrected chi connectivity index (χ4v) is 5.92. The molecule has 3 atom stereocenters. The maximum Gasteiger partial charge on any atom is 0.238 e. The number of primary sulfonamides is 1. The van der Waals surface area contributed by atoms with Crippen molar-refractivity contribution in [2.45, 2.75) is 41.2 Å². The zero-order valence-corrected chi connectivity index (χ0v) is 19.5. The second-order valence-electron chi connectivity index (χ2n) is 8.23. The van der Waals surface area contributed by atoms with E-state index in [2.05, 4.69) is 15.5 Å². The highest BCUT2D eigenvalue weighted by molar-refractivity contribution is 7.99. The summed E-state index contributed by atoms with van der Waals surface area (Å²) in [6.45, 7) is 1.73. The highest BCUT2D eigenvalue weighted by atomic mass is 32.2. The Morgan fingerprint density at radius 1 is 1.12 bits per heavy atom. The number of fused-ring (bicyclic) bond motifs is 1. The zero-order valence-electron chi connectivity index (χ0n) is 17.9. The first kappa shape index (κ1) is 22.7. The Labute approximate surface area is 199 Å². The molecule has 0 saturated carbocycles. The van der Waals surface area contributed by atoms with Crippen molar-refractivity contribution in [3.05, 3.63) is 53.6 Å². The zero-order chi connectivity index (χ0) is 24.2. The van der Waals surface area contributed by atoms with Crippen LogP contribution in [-0.2, 0) is 26.0 Å². The number of aliphatic hydroxyl groups excluding tert-OH is 1. The van der Waals surface area contributed by atoms with Gasteiger partial charge < -0.3 is 5.11 Å². The molecule has 1 aliphatic carbocycles. The van der Waals surface area contributed by atoms with Gasteiger partial charge in [0.1, 0.15) is 0 Å². The van der Waals surface area contributed by atoms with E-state index in [1.807, 2.05) is 0 Å². The Hall–Kier alpha value is -3.13. The molecule has 0 spiro atoms. The van der Waals surface area contributed by atoms with Gasteiger partial charge in [0, 0.05) is 17.6 Å². The predicted molar refractivity (Wildman–Crippen MR) is 122 cm³/mol. The molecule has 1 fully saturated rings. The lowest BCUT2D eigenvalue weighted by Crippen LogP contribution is -2.31. The van der Waals surface area contributed by atoms with Crippen LogP contribution in [0.4, 0.5) is 5.69 Å². The number of nitrogens with two attached hydrogens (primary N) is 1. The summed E-state index contributed by atoms with van der Waals surface area (Å²) < 4.78 is 24.4. The Morgan fingerprint density at radius 3 is 2.50 bits per heavy atom. The maximum atomic E-state index is 12.6. The highest BCUT2D eigenvalue weighted by Gasteiger charge is 2.41. The van der Waals surface area contributed by atoms with Crippen LogP contribution in [0.25, 0.3) is 5.69 Å². The van der Waals surface area contributed by atoms with E-state index in [1.165, 1.54) is 45.6 Å². The number of anilines is 1. The smallest absolute Gasteiger partial charge is 0.238 e. The molecule has 2 aliphatic rings. The first-order valence-corrected chi connectivity index (χ1v) is 12.8. The van der Waals surface area contributed by atoms with Crippen LogP contribution in [0.5, 0.6) is 0 Å². The molecule has 13 heteroatoms. The number of nitrogens with zero attached hydrogens (tertiary/aromatic N) is 5. The van der Waals surface area contributed by atoms with E-state index >= 15 is 0 Å². The third kappa shape index (κ3) is 3.79. The SMILES string of the molecule is CC1CC(=O)N(c2cccc3c2CC(Sc2nnnn2-c2ccc(S(N)(=O)=O)cc2)C3O)C1=O. The Kier molecular flexibility index (Phi) is 5.51. The van der Waals surface area contributed by atoms with Gasteiger partial charge in [-0.3, -0.25) is 14.5 Å². The Bertz CT molecular complexity index is 1410. The highest BCUT2D eigenvalue weighted by Crippen LogP contribution is 2.45. The number of thioether (sulfide) groups is 1. The van der Waals surface area contributed by atoms with Crippen molar-refractivity contribution in [2.75, 3.05) is 4.90 Å². The number of carbonyl (C=O) groups excluding carboxylic acids is 2. The van der Waals surface area contributed by atoms with Crippen molar-refractivity contribution in [2.24, 2.45) is 11.1 Å². The fraction of sp³-hybridized carbons (Fsp3) is 0.286. The van der Waals surface area contributed by atoms with Crippen LogP contribution in [0.1, 0.15) is 30.6 Å². The van der Waals surface area contributed by atoms with E-state index in [0.717, 1.165) is 5.56 Å². The van der Waals surface area contributed by atoms with E-state index < -0.39 is 16.1 Å². The van der Waals surface area contributed by atoms with Gasteiger partial charge in [0.15, 0.2) is 0 Å². The van der Waals surface area contributed by atoms with Crippen LogP contribution in [0.2, 0.25) is 0 Å². The number of amides is 2. The van der Waals surface area contributed by atoms with Gasteiger partial charge in [0.25, 0.3) is 0 Å². The maximum absolute atomic E-state index is 12.6. The molecule has 11 nitrogen and oxygen atoms in total. The molecule has 2 amide bonds. The quantitative estimate of drug-likeness (QED) is 0.486. The molecule has 2 heterocycles. The van der Waals surface area contributed by atoms with Gasteiger partial charge >= 0.3 is 0 Å². The molecule has 3 N–H and O–H groups in total. The van der Waals surface area contributed by atoms with Gasteiger partial charge in [-0.1, -0.05) is 30.8 Å². The molecule has 0 bridgehead atoms. The minimum atomic E-state index is -3.83. The average molecular weight is 501 g/mol. The number of tetrazole rings is 1. The van der Waals surface area contributed by atoms with Crippen molar-refractivity contribution >= 4 is 39.3 Å². The van der Waals surface area contributed by atoms with Crippen molar-refractivity contribution < 1.29 is 23.1 Å². The minimum Gasteiger partial charge on any atom is -0.387 e. The standard InChI is InChI=1S/C21H20N6O5S2/c1-11-9-18(28)26(20(11)30)16-4-2-3-14-15(16)10-17(19(14)29)33-21-23-24-25-27(21)12-5-7-13(8-6-12)34(22,31)32/h2-8,11,17,19,29H,9-10H2,1H3,(H2,22,31,32). The summed E-state index contributed by atoms with van der Waals surface area (Å²) in [5.41, 5.74) is 2.44. The molecule has 0 radical (unpaired) electrons. The lowest BCUT2D eigenvalue weighted by atomic mass is 10.1. The largest absolute Gasteiger partial charge is 0.387 e. The fourth-order valence-electron chi connectivity index (χ4n) is 4.28. The lowest BCUT2D eigenvalue weighted by Gasteiger charge is -2.18. The first-order valence-electron chi connectivity index (χ1n) is 10.4. The third-order valence-electron chi connectivity index (χ3n) is 5.98. The van der Waals surface area contributed by atoms with Gasteiger partial charge in [-0.05, 0) is 58.3 Å². The van der Waals surface area contributed by atoms with Gasteiger partial charge in [0.05, 0.1) is 22.4 Å². The summed E-state index contributed by atoms with van der Waals surface area (Å²) in [4.78, 5) is 26.2. The summed E-state index contributed by atoms with van der Waals surface area (Å²) in [6, 6.07) is 11.0. The topological polar surface area (TPSA) is 161 Å². The molecule has 2 aromatic carbocycles. The molecule has 34 heavy (non-hydrogen) atoms. The number of hydrogen-bond donors (Lipinski definition) is 2. The third-order valence-corrected chi connectivity index (χ3v) is 8.11. The number of aromatic nitrogens is 4. The van der Waals surface area contributed by atoms with Crippen LogP contribution in [0.15, 0.2) is 52.5 Å². The molecule has 3 unspecified atom stereocenters. The summed E-state index contributed by atoms with van der Waals surface area (Å²) in [6.07, 6.45) is -0.289. The number of rotatable bonds is 5. The van der Waals surface area contributed by atoms with E-state index in [9.17, 15) is 23.1 Å². The molecule has 1 saturated heterocycles. The predicted octanol–water partition coefficient (Wildman–Crippen LogP) is 0.959. The van der Waals surface area contributed by atoms with E-state index in [-0.39, 0.29) is 34.3 Å². The van der Waals surface area contributed by atoms with Crippen LogP contribution in [0.3, 0.4) is 0 Å². The Balaban J connectivity index is 1.42. The van der Waals surface area contributed by atoms with Crippen LogP contribution in [-0.4, -0.2) is 50.8 Å². The van der Waals surface area contributed by atoms with Crippen molar-refractivity contribution in [3.63, 3.8) is 0 Å². The van der Waals surface area contributed by atoms with Crippen molar-refractivity contribution in [1.29, 1.82) is 0 Å². The molecular formula is C21H20N6O5S2. The first-order chi connectivity index (χ1) is 16.1. The molecule has 5 rings (SSSR count). The minimum absolute atomic E-state index is 0.0342. The monoisotopic (exact) mass is 500 g/mol. The Morgan fingerprint density at radius 2 is 1.85 bits per heavy atom. The van der Waals surface area contributed by atoms with E-state index in [1.54, 1.807) is 25.1 Å². The molecule has 1 aliphatic heterocycles. The molecular weight excluding hydrogens is 480 g/mol. The summed E-state index contributed by atoms with van der Waals surface area (Å²) in [5, 5.41) is 27.9. The molecule has 1 aromatic heterocycles. The van der Waals surface area contributed by atoms with E-state index in [4.69, 9.17) is 5.14 Å². The van der Waals surface area contributed by atoms with Gasteiger partial charge in [-0.25, -0.2) is 13.6 Å². The van der Waals surface area contributed by atoms with Gasteiger partial charge in [-0.2, -0.15) is 4.68 Å². The molecule has 3 aromatic rings. The van der Waals surface area contributed by atoms with Crippen LogP contribution < -0.4 is 10.0 Å². The van der Waals surface area contributed by atoms with E-state index in [0.29, 0.717) is 28.5 Å². The summed E-state index contributed by atoms with van der Waals surface area (Å²) in [7, 11) is -3.83. The van der Waals surface area contributed by atoms with Crippen molar-refractivity contribution in [1.82, 2.24) is 20.2 Å². The number of benzene rings is 2. The average Bonchev–Trinajstić information content (AvgIpc) is 3.45.